The van der Waals surface area contributed by atoms with Gasteiger partial charge in [-0.1, -0.05) is 30.3 Å². The van der Waals surface area contributed by atoms with E-state index < -0.39 is 5.91 Å². The normalized spacial score (nSPS) is 12.1. The minimum absolute atomic E-state index is 0.0263. The number of nitrogen functional groups attached to an aromatic ring is 1. The molecule has 1 unspecified atom stereocenters. The number of rotatable bonds is 6. The van der Waals surface area contributed by atoms with E-state index in [-0.39, 0.29) is 17.6 Å². The van der Waals surface area contributed by atoms with E-state index in [9.17, 15) is 4.79 Å². The van der Waals surface area contributed by atoms with Crippen LogP contribution in [0.25, 0.3) is 0 Å². The standard InChI is InChI=1S/C18H21N7O/c1-24(2)12-15(13-6-4-3-5-7-13)25-11-14(10-22-25)23-18(26)16-17(19)21-9-8-20-16/h3-11,15H,12H2,1-2H3,(H2,19,21)(H,23,26). The Kier molecular flexibility index (Phi) is 5.23. The highest BCUT2D eigenvalue weighted by molar-refractivity contribution is 6.05. The molecule has 1 aromatic carbocycles. The van der Waals surface area contributed by atoms with Crippen LogP contribution in [0.1, 0.15) is 22.1 Å². The lowest BCUT2D eigenvalue weighted by Crippen LogP contribution is -2.25. The zero-order chi connectivity index (χ0) is 18.5. The minimum atomic E-state index is -0.418. The molecule has 1 atom stereocenters. The van der Waals surface area contributed by atoms with Gasteiger partial charge in [-0.25, -0.2) is 9.97 Å². The van der Waals surface area contributed by atoms with Crippen LogP contribution in [0, 0.1) is 0 Å². The van der Waals surface area contributed by atoms with Gasteiger partial charge in [0, 0.05) is 25.1 Å². The van der Waals surface area contributed by atoms with Crippen molar-refractivity contribution in [2.24, 2.45) is 0 Å². The van der Waals surface area contributed by atoms with Crippen LogP contribution in [0.2, 0.25) is 0 Å². The molecule has 0 radical (unpaired) electrons. The van der Waals surface area contributed by atoms with Crippen LogP contribution in [-0.4, -0.2) is 51.2 Å². The van der Waals surface area contributed by atoms with Crippen molar-refractivity contribution in [3.63, 3.8) is 0 Å². The number of benzene rings is 1. The fourth-order valence-electron chi connectivity index (χ4n) is 2.65. The van der Waals surface area contributed by atoms with Crippen LogP contribution in [0.15, 0.2) is 55.1 Å². The van der Waals surface area contributed by atoms with Crippen molar-refractivity contribution in [1.29, 1.82) is 0 Å². The topological polar surface area (TPSA) is 102 Å². The minimum Gasteiger partial charge on any atom is -0.382 e. The van der Waals surface area contributed by atoms with E-state index in [1.54, 1.807) is 12.4 Å². The van der Waals surface area contributed by atoms with E-state index in [2.05, 4.69) is 37.4 Å². The molecule has 0 fully saturated rings. The molecule has 3 N–H and O–H groups in total. The summed E-state index contributed by atoms with van der Waals surface area (Å²) in [6, 6.07) is 10.1. The van der Waals surface area contributed by atoms with Crippen molar-refractivity contribution < 1.29 is 4.79 Å². The third kappa shape index (κ3) is 4.04. The number of nitrogens with one attached hydrogen (secondary N) is 1. The molecule has 3 aromatic rings. The highest BCUT2D eigenvalue weighted by atomic mass is 16.1. The molecule has 8 nitrogen and oxygen atoms in total. The first-order chi connectivity index (χ1) is 12.5. The number of nitrogens with two attached hydrogens (primary N) is 1. The predicted molar refractivity (Wildman–Crippen MR) is 99.8 cm³/mol. The lowest BCUT2D eigenvalue weighted by molar-refractivity contribution is 0.102. The molecule has 8 heteroatoms. The molecule has 0 aliphatic heterocycles. The SMILES string of the molecule is CN(C)CC(c1ccccc1)n1cc(NC(=O)c2nccnc2N)cn1. The first kappa shape index (κ1) is 17.6. The van der Waals surface area contributed by atoms with E-state index in [4.69, 9.17) is 5.73 Å². The van der Waals surface area contributed by atoms with Gasteiger partial charge in [-0.3, -0.25) is 9.48 Å². The van der Waals surface area contributed by atoms with Crippen LogP contribution in [0.5, 0.6) is 0 Å². The number of carbonyl (C=O) groups is 1. The second-order valence-electron chi connectivity index (χ2n) is 6.14. The number of aromatic nitrogens is 4. The Balaban J connectivity index is 1.81. The summed E-state index contributed by atoms with van der Waals surface area (Å²) >= 11 is 0. The van der Waals surface area contributed by atoms with Crippen molar-refractivity contribution in [2.75, 3.05) is 31.7 Å². The summed E-state index contributed by atoms with van der Waals surface area (Å²) in [5.74, 6) is -0.328. The fraction of sp³-hybridized carbons (Fsp3) is 0.222. The van der Waals surface area contributed by atoms with Crippen molar-refractivity contribution >= 4 is 17.4 Å². The molecular formula is C18H21N7O. The molecule has 0 bridgehead atoms. The van der Waals surface area contributed by atoms with Gasteiger partial charge in [0.15, 0.2) is 11.5 Å². The summed E-state index contributed by atoms with van der Waals surface area (Å²) in [5, 5.41) is 7.18. The molecule has 0 saturated carbocycles. The number of carbonyl (C=O) groups excluding carboxylic acids is 1. The van der Waals surface area contributed by atoms with Gasteiger partial charge in [0.1, 0.15) is 0 Å². The molecule has 2 aromatic heterocycles. The maximum atomic E-state index is 12.3. The second kappa shape index (κ2) is 7.75. The zero-order valence-corrected chi connectivity index (χ0v) is 14.7. The van der Waals surface area contributed by atoms with E-state index in [0.29, 0.717) is 5.69 Å². The monoisotopic (exact) mass is 351 g/mol. The molecule has 3 rings (SSSR count). The lowest BCUT2D eigenvalue weighted by Gasteiger charge is -2.22. The molecule has 134 valence electrons. The average molecular weight is 351 g/mol. The van der Waals surface area contributed by atoms with E-state index in [1.165, 1.54) is 12.4 Å². The molecule has 0 spiro atoms. The lowest BCUT2D eigenvalue weighted by atomic mass is 10.1. The van der Waals surface area contributed by atoms with Gasteiger partial charge in [-0.15, -0.1) is 0 Å². The Morgan fingerprint density at radius 2 is 1.96 bits per heavy atom. The Morgan fingerprint density at radius 1 is 1.23 bits per heavy atom. The van der Waals surface area contributed by atoms with Gasteiger partial charge in [0.2, 0.25) is 0 Å². The molecular weight excluding hydrogens is 330 g/mol. The van der Waals surface area contributed by atoms with Gasteiger partial charge < -0.3 is 16.0 Å². The van der Waals surface area contributed by atoms with Crippen molar-refractivity contribution in [1.82, 2.24) is 24.6 Å². The Hall–Kier alpha value is -3.26. The molecule has 0 aliphatic carbocycles. The fourth-order valence-corrected chi connectivity index (χ4v) is 2.65. The predicted octanol–water partition coefficient (Wildman–Crippen LogP) is 1.66. The number of likely N-dealkylation sites (N-methyl/N-ethyl adjacent to an activating group) is 1. The molecule has 2 heterocycles. The van der Waals surface area contributed by atoms with Crippen molar-refractivity contribution in [3.8, 4) is 0 Å². The highest BCUT2D eigenvalue weighted by Crippen LogP contribution is 2.20. The maximum Gasteiger partial charge on any atom is 0.278 e. The number of anilines is 2. The summed E-state index contributed by atoms with van der Waals surface area (Å²) in [7, 11) is 4.03. The van der Waals surface area contributed by atoms with Gasteiger partial charge in [-0.2, -0.15) is 5.10 Å². The van der Waals surface area contributed by atoms with Crippen LogP contribution in [-0.2, 0) is 0 Å². The van der Waals surface area contributed by atoms with Crippen LogP contribution in [0.3, 0.4) is 0 Å². The summed E-state index contributed by atoms with van der Waals surface area (Å²) in [4.78, 5) is 22.3. The summed E-state index contributed by atoms with van der Waals surface area (Å²) in [6.45, 7) is 0.774. The third-order valence-electron chi connectivity index (χ3n) is 3.84. The van der Waals surface area contributed by atoms with Gasteiger partial charge in [0.05, 0.1) is 17.9 Å². The average Bonchev–Trinajstić information content (AvgIpc) is 3.08. The molecule has 0 aliphatic rings. The summed E-state index contributed by atoms with van der Waals surface area (Å²) < 4.78 is 1.84. The zero-order valence-electron chi connectivity index (χ0n) is 14.7. The third-order valence-corrected chi connectivity index (χ3v) is 3.84. The number of nitrogens with zero attached hydrogens (tertiary/aromatic N) is 5. The summed E-state index contributed by atoms with van der Waals surface area (Å²) in [6.07, 6.45) is 6.27. The Bertz CT molecular complexity index is 876. The van der Waals surface area contributed by atoms with Gasteiger partial charge in [-0.05, 0) is 19.7 Å². The van der Waals surface area contributed by atoms with Crippen molar-refractivity contribution in [3.05, 3.63) is 66.4 Å². The van der Waals surface area contributed by atoms with Crippen LogP contribution in [0.4, 0.5) is 11.5 Å². The molecule has 0 saturated heterocycles. The van der Waals surface area contributed by atoms with Gasteiger partial charge >= 0.3 is 0 Å². The van der Waals surface area contributed by atoms with Gasteiger partial charge in [0.25, 0.3) is 5.91 Å². The summed E-state index contributed by atoms with van der Waals surface area (Å²) in [5.41, 5.74) is 7.50. The van der Waals surface area contributed by atoms with Crippen LogP contribution >= 0.6 is 0 Å². The number of hydrogen-bond acceptors (Lipinski definition) is 6. The smallest absolute Gasteiger partial charge is 0.278 e. The van der Waals surface area contributed by atoms with E-state index in [0.717, 1.165) is 12.1 Å². The quantitative estimate of drug-likeness (QED) is 0.700. The Morgan fingerprint density at radius 3 is 2.65 bits per heavy atom. The molecule has 26 heavy (non-hydrogen) atoms. The maximum absolute atomic E-state index is 12.3. The van der Waals surface area contributed by atoms with Crippen LogP contribution < -0.4 is 11.1 Å². The Labute approximate surface area is 151 Å². The van der Waals surface area contributed by atoms with E-state index >= 15 is 0 Å². The largest absolute Gasteiger partial charge is 0.382 e. The molecule has 1 amide bonds. The second-order valence-corrected chi connectivity index (χ2v) is 6.14. The van der Waals surface area contributed by atoms with Crippen molar-refractivity contribution in [2.45, 2.75) is 6.04 Å². The first-order valence-electron chi connectivity index (χ1n) is 8.16. The number of hydrogen-bond donors (Lipinski definition) is 2. The van der Waals surface area contributed by atoms with E-state index in [1.807, 2.05) is 37.0 Å². The highest BCUT2D eigenvalue weighted by Gasteiger charge is 2.18. The number of amides is 1. The first-order valence-corrected chi connectivity index (χ1v) is 8.16.